The van der Waals surface area contributed by atoms with E-state index in [-0.39, 0.29) is 0 Å². The molecule has 4 nitrogen and oxygen atoms in total. The second kappa shape index (κ2) is 8.35. The lowest BCUT2D eigenvalue weighted by Crippen LogP contribution is -2.40. The third kappa shape index (κ3) is 4.97. The minimum absolute atomic E-state index is 0.354. The first kappa shape index (κ1) is 16.2. The van der Waals surface area contributed by atoms with E-state index in [1.54, 1.807) is 0 Å². The maximum absolute atomic E-state index is 5.79. The van der Waals surface area contributed by atoms with Gasteiger partial charge in [-0.1, -0.05) is 6.92 Å². The molecule has 21 heavy (non-hydrogen) atoms. The molecule has 0 bridgehead atoms. The number of rotatable bonds is 7. The van der Waals surface area contributed by atoms with Gasteiger partial charge < -0.3 is 15.0 Å². The van der Waals surface area contributed by atoms with Crippen molar-refractivity contribution in [1.82, 2.24) is 10.3 Å². The quantitative estimate of drug-likeness (QED) is 0.784. The summed E-state index contributed by atoms with van der Waals surface area (Å²) in [6.07, 6.45) is 3.87. The van der Waals surface area contributed by atoms with Gasteiger partial charge in [-0.3, -0.25) is 0 Å². The van der Waals surface area contributed by atoms with Gasteiger partial charge in [-0.2, -0.15) is 0 Å². The van der Waals surface area contributed by atoms with Crippen molar-refractivity contribution in [2.75, 3.05) is 31.1 Å². The molecule has 1 aliphatic rings. The van der Waals surface area contributed by atoms with Crippen molar-refractivity contribution in [3.63, 3.8) is 0 Å². The minimum Gasteiger partial charge on any atom is -0.377 e. The van der Waals surface area contributed by atoms with Crippen LogP contribution < -0.4 is 10.2 Å². The van der Waals surface area contributed by atoms with E-state index in [1.807, 2.05) is 0 Å². The highest BCUT2D eigenvalue weighted by atomic mass is 16.5. The zero-order chi connectivity index (χ0) is 15.1. The van der Waals surface area contributed by atoms with Gasteiger partial charge in [0.2, 0.25) is 0 Å². The first-order valence-electron chi connectivity index (χ1n) is 8.27. The van der Waals surface area contributed by atoms with Gasteiger partial charge in [-0.15, -0.1) is 0 Å². The van der Waals surface area contributed by atoms with E-state index in [2.05, 4.69) is 43.1 Å². The van der Waals surface area contributed by atoms with Crippen LogP contribution in [0.1, 0.15) is 44.4 Å². The summed E-state index contributed by atoms with van der Waals surface area (Å²) in [5.41, 5.74) is 2.42. The fraction of sp³-hybridized carbons (Fsp3) is 0.706. The molecule has 0 amide bonds. The Balaban J connectivity index is 2.04. The molecular weight excluding hydrogens is 262 g/mol. The number of hydrogen-bond acceptors (Lipinski definition) is 4. The molecule has 0 spiro atoms. The van der Waals surface area contributed by atoms with Gasteiger partial charge in [0.25, 0.3) is 0 Å². The summed E-state index contributed by atoms with van der Waals surface area (Å²) in [5.74, 6) is 1.10. The zero-order valence-corrected chi connectivity index (χ0v) is 13.7. The highest BCUT2D eigenvalue weighted by molar-refractivity contribution is 5.43. The van der Waals surface area contributed by atoms with E-state index in [9.17, 15) is 0 Å². The van der Waals surface area contributed by atoms with E-state index in [0.717, 1.165) is 44.3 Å². The lowest BCUT2D eigenvalue weighted by molar-refractivity contribution is 0.0525. The van der Waals surface area contributed by atoms with Crippen molar-refractivity contribution in [2.45, 2.75) is 52.7 Å². The van der Waals surface area contributed by atoms with Crippen LogP contribution in [0.25, 0.3) is 0 Å². The summed E-state index contributed by atoms with van der Waals surface area (Å²) in [6, 6.07) is 4.40. The standard InChI is InChI=1S/C17H29N3O/c1-4-8-18-12-15-10-14(3)19-17(11-15)20-9-6-7-16(13-20)21-5-2/h10-11,16,18H,4-9,12-13H2,1-3H3. The van der Waals surface area contributed by atoms with Gasteiger partial charge in [0.1, 0.15) is 5.82 Å². The van der Waals surface area contributed by atoms with E-state index in [0.29, 0.717) is 6.10 Å². The lowest BCUT2D eigenvalue weighted by Gasteiger charge is -2.33. The molecule has 2 rings (SSSR count). The molecule has 1 aliphatic heterocycles. The number of piperidine rings is 1. The van der Waals surface area contributed by atoms with Crippen LogP contribution in [0.2, 0.25) is 0 Å². The molecule has 0 saturated carbocycles. The van der Waals surface area contributed by atoms with Gasteiger partial charge in [-0.05, 0) is 57.4 Å². The highest BCUT2D eigenvalue weighted by Gasteiger charge is 2.21. The van der Waals surface area contributed by atoms with Crippen LogP contribution in [-0.4, -0.2) is 37.3 Å². The Kier molecular flexibility index (Phi) is 6.46. The normalized spacial score (nSPS) is 19.0. The van der Waals surface area contributed by atoms with Crippen LogP contribution in [0.4, 0.5) is 5.82 Å². The Hall–Kier alpha value is -1.13. The predicted molar refractivity (Wildman–Crippen MR) is 87.8 cm³/mol. The van der Waals surface area contributed by atoms with Crippen LogP contribution >= 0.6 is 0 Å². The summed E-state index contributed by atoms with van der Waals surface area (Å²) in [5, 5.41) is 3.47. The van der Waals surface area contributed by atoms with Crippen molar-refractivity contribution >= 4 is 5.82 Å². The summed E-state index contributed by atoms with van der Waals surface area (Å²) in [6.45, 7) is 11.2. The van der Waals surface area contributed by atoms with Gasteiger partial charge in [0.05, 0.1) is 6.10 Å². The molecular formula is C17H29N3O. The van der Waals surface area contributed by atoms with Gasteiger partial charge in [-0.25, -0.2) is 4.98 Å². The molecule has 0 aliphatic carbocycles. The molecule has 118 valence electrons. The Morgan fingerprint density at radius 3 is 3.00 bits per heavy atom. The largest absolute Gasteiger partial charge is 0.377 e. The third-order valence-corrected chi connectivity index (χ3v) is 3.86. The van der Waals surface area contributed by atoms with Gasteiger partial charge in [0.15, 0.2) is 0 Å². The summed E-state index contributed by atoms with van der Waals surface area (Å²) in [7, 11) is 0. The van der Waals surface area contributed by atoms with Crippen molar-refractivity contribution in [3.05, 3.63) is 23.4 Å². The molecule has 1 saturated heterocycles. The number of aromatic nitrogens is 1. The Bertz CT molecular complexity index is 434. The maximum atomic E-state index is 5.79. The molecule has 0 radical (unpaired) electrons. The number of pyridine rings is 1. The van der Waals surface area contributed by atoms with Crippen LogP contribution in [0.15, 0.2) is 12.1 Å². The smallest absolute Gasteiger partial charge is 0.129 e. The van der Waals surface area contributed by atoms with Crippen LogP contribution in [0.5, 0.6) is 0 Å². The summed E-state index contributed by atoms with van der Waals surface area (Å²) < 4.78 is 5.79. The molecule has 1 unspecified atom stereocenters. The number of hydrogen-bond donors (Lipinski definition) is 1. The lowest BCUT2D eigenvalue weighted by atomic mass is 10.1. The van der Waals surface area contributed by atoms with Crippen LogP contribution in [0.3, 0.4) is 0 Å². The van der Waals surface area contributed by atoms with E-state index in [1.165, 1.54) is 24.8 Å². The average molecular weight is 291 g/mol. The molecule has 1 aromatic heterocycles. The Labute approximate surface area is 128 Å². The Morgan fingerprint density at radius 1 is 1.38 bits per heavy atom. The first-order valence-corrected chi connectivity index (χ1v) is 8.27. The highest BCUT2D eigenvalue weighted by Crippen LogP contribution is 2.21. The van der Waals surface area contributed by atoms with Crippen LogP contribution in [-0.2, 0) is 11.3 Å². The third-order valence-electron chi connectivity index (χ3n) is 3.86. The van der Waals surface area contributed by atoms with Crippen molar-refractivity contribution in [3.8, 4) is 0 Å². The zero-order valence-electron chi connectivity index (χ0n) is 13.7. The Morgan fingerprint density at radius 2 is 2.24 bits per heavy atom. The maximum Gasteiger partial charge on any atom is 0.129 e. The second-order valence-electron chi connectivity index (χ2n) is 5.82. The summed E-state index contributed by atoms with van der Waals surface area (Å²) in [4.78, 5) is 7.10. The molecule has 1 aromatic rings. The van der Waals surface area contributed by atoms with E-state index in [4.69, 9.17) is 9.72 Å². The van der Waals surface area contributed by atoms with Crippen LogP contribution in [0, 0.1) is 6.92 Å². The molecule has 0 aromatic carbocycles. The number of anilines is 1. The van der Waals surface area contributed by atoms with E-state index >= 15 is 0 Å². The molecule has 2 heterocycles. The number of ether oxygens (including phenoxy) is 1. The monoisotopic (exact) mass is 291 g/mol. The second-order valence-corrected chi connectivity index (χ2v) is 5.82. The minimum atomic E-state index is 0.354. The fourth-order valence-corrected chi connectivity index (χ4v) is 2.91. The molecule has 4 heteroatoms. The van der Waals surface area contributed by atoms with E-state index < -0.39 is 0 Å². The molecule has 1 fully saturated rings. The summed E-state index contributed by atoms with van der Waals surface area (Å²) >= 11 is 0. The van der Waals surface area contributed by atoms with Crippen molar-refractivity contribution in [2.24, 2.45) is 0 Å². The average Bonchev–Trinajstić information content (AvgIpc) is 2.48. The molecule has 1 atom stereocenters. The predicted octanol–water partition coefficient (Wildman–Crippen LogP) is 2.89. The van der Waals surface area contributed by atoms with Crippen molar-refractivity contribution in [1.29, 1.82) is 0 Å². The SMILES string of the molecule is CCCNCc1cc(C)nc(N2CCCC(OCC)C2)c1. The van der Waals surface area contributed by atoms with Gasteiger partial charge >= 0.3 is 0 Å². The van der Waals surface area contributed by atoms with Crippen molar-refractivity contribution < 1.29 is 4.74 Å². The topological polar surface area (TPSA) is 37.4 Å². The number of nitrogens with zero attached hydrogens (tertiary/aromatic N) is 2. The molecule has 1 N–H and O–H groups in total. The first-order chi connectivity index (χ1) is 10.2. The van der Waals surface area contributed by atoms with Gasteiger partial charge in [0, 0.05) is 31.9 Å². The number of nitrogens with one attached hydrogen (secondary N) is 1. The number of aryl methyl sites for hydroxylation is 1. The fourth-order valence-electron chi connectivity index (χ4n) is 2.91.